The van der Waals surface area contributed by atoms with Crippen LogP contribution in [0.25, 0.3) is 0 Å². The van der Waals surface area contributed by atoms with Crippen LogP contribution in [0.15, 0.2) is 47.6 Å². The number of hydrogen-bond acceptors (Lipinski definition) is 4. The van der Waals surface area contributed by atoms with Crippen LogP contribution < -0.4 is 9.56 Å². The van der Waals surface area contributed by atoms with E-state index in [-0.39, 0.29) is 28.4 Å². The highest BCUT2D eigenvalue weighted by Crippen LogP contribution is 2.29. The molecule has 10 heteroatoms. The summed E-state index contributed by atoms with van der Waals surface area (Å²) < 4.78 is 62.5. The van der Waals surface area contributed by atoms with Crippen LogP contribution in [0.1, 0.15) is 24.5 Å². The number of nitrogens with one attached hydrogen (secondary N) is 1. The minimum Gasteiger partial charge on any atom is -0.357 e. The number of halogens is 4. The van der Waals surface area contributed by atoms with Gasteiger partial charge in [0.1, 0.15) is 0 Å². The number of alkyl halides is 3. The Bertz CT molecular complexity index is 943. The van der Waals surface area contributed by atoms with Crippen LogP contribution in [-0.2, 0) is 10.0 Å². The minimum absolute atomic E-state index is 0.0879. The highest BCUT2D eigenvalue weighted by molar-refractivity contribution is 7.93. The summed E-state index contributed by atoms with van der Waals surface area (Å²) in [5.74, 6) is 0.422. The lowest BCUT2D eigenvalue weighted by atomic mass is 10.1. The minimum atomic E-state index is -5.59. The molecule has 2 aromatic carbocycles. The normalized spacial score (nSPS) is 12.7. The molecule has 1 N–H and O–H groups in total. The molecule has 5 nitrogen and oxygen atoms in total. The lowest BCUT2D eigenvalue weighted by Crippen LogP contribution is -2.30. The van der Waals surface area contributed by atoms with Crippen molar-refractivity contribution in [3.63, 3.8) is 0 Å². The van der Waals surface area contributed by atoms with E-state index in [1.54, 1.807) is 31.2 Å². The molecule has 0 unspecified atom stereocenters. The average Bonchev–Trinajstić information content (AvgIpc) is 2.58. The van der Waals surface area contributed by atoms with Gasteiger partial charge < -0.3 is 4.84 Å². The van der Waals surface area contributed by atoms with E-state index in [9.17, 15) is 21.6 Å². The van der Waals surface area contributed by atoms with Crippen LogP contribution in [0.2, 0.25) is 5.02 Å². The molecule has 2 aromatic rings. The molecule has 0 radical (unpaired) electrons. The molecule has 0 aliphatic carbocycles. The van der Waals surface area contributed by atoms with E-state index in [0.717, 1.165) is 11.6 Å². The zero-order valence-corrected chi connectivity index (χ0v) is 15.9. The van der Waals surface area contributed by atoms with Crippen LogP contribution in [0, 0.1) is 6.92 Å². The predicted octanol–water partition coefficient (Wildman–Crippen LogP) is 5.10. The SMILES string of the molecule is CC/C(=N\Oc1ccc(C)cc1)c1cc(Cl)ccc1NS(=O)(=O)C(F)(F)F. The van der Waals surface area contributed by atoms with Gasteiger partial charge in [-0.25, -0.2) is 0 Å². The number of sulfonamides is 1. The smallest absolute Gasteiger partial charge is 0.357 e. The van der Waals surface area contributed by atoms with Crippen LogP contribution in [0.3, 0.4) is 0 Å². The Hall–Kier alpha value is -2.26. The summed E-state index contributed by atoms with van der Waals surface area (Å²) >= 11 is 5.92. The van der Waals surface area contributed by atoms with E-state index in [1.165, 1.54) is 16.9 Å². The molecule has 0 saturated heterocycles. The van der Waals surface area contributed by atoms with Crippen molar-refractivity contribution in [2.24, 2.45) is 5.16 Å². The number of anilines is 1. The molecule has 0 atom stereocenters. The number of rotatable bonds is 6. The Morgan fingerprint density at radius 2 is 1.81 bits per heavy atom. The fraction of sp³-hybridized carbons (Fsp3) is 0.235. The second-order valence-electron chi connectivity index (χ2n) is 5.54. The molecular weight excluding hydrogens is 405 g/mol. The van der Waals surface area contributed by atoms with Crippen LogP contribution in [0.4, 0.5) is 18.9 Å². The van der Waals surface area contributed by atoms with Gasteiger partial charge in [0.25, 0.3) is 0 Å². The van der Waals surface area contributed by atoms with Gasteiger partial charge in [-0.2, -0.15) is 21.6 Å². The van der Waals surface area contributed by atoms with Gasteiger partial charge in [0.05, 0.1) is 11.4 Å². The number of oxime groups is 1. The van der Waals surface area contributed by atoms with Gasteiger partial charge in [-0.1, -0.05) is 41.4 Å². The third-order valence-corrected chi connectivity index (χ3v) is 4.79. The Kier molecular flexibility index (Phi) is 6.38. The predicted molar refractivity (Wildman–Crippen MR) is 98.7 cm³/mol. The van der Waals surface area contributed by atoms with Gasteiger partial charge in [-0.3, -0.25) is 4.72 Å². The van der Waals surface area contributed by atoms with Crippen molar-refractivity contribution >= 4 is 33.0 Å². The molecular formula is C17H16ClF3N2O3S. The third kappa shape index (κ3) is 5.36. The van der Waals surface area contributed by atoms with Crippen molar-refractivity contribution in [1.29, 1.82) is 0 Å². The molecule has 0 aliphatic rings. The quantitative estimate of drug-likeness (QED) is 0.522. The van der Waals surface area contributed by atoms with Crippen LogP contribution in [0.5, 0.6) is 5.75 Å². The summed E-state index contributed by atoms with van der Waals surface area (Å²) in [6.45, 7) is 3.59. The molecule has 146 valence electrons. The number of hydrogen-bond donors (Lipinski definition) is 1. The zero-order valence-electron chi connectivity index (χ0n) is 14.3. The number of benzene rings is 2. The highest BCUT2D eigenvalue weighted by atomic mass is 35.5. The van der Waals surface area contributed by atoms with E-state index in [1.807, 2.05) is 6.92 Å². The summed E-state index contributed by atoms with van der Waals surface area (Å²) in [6.07, 6.45) is 0.257. The molecule has 0 saturated carbocycles. The Morgan fingerprint density at radius 3 is 2.37 bits per heavy atom. The summed E-state index contributed by atoms with van der Waals surface area (Å²) in [5, 5.41) is 4.15. The second kappa shape index (κ2) is 8.18. The second-order valence-corrected chi connectivity index (χ2v) is 7.65. The average molecular weight is 421 g/mol. The van der Waals surface area contributed by atoms with Gasteiger partial charge in [-0.05, 0) is 43.7 Å². The number of nitrogens with zero attached hydrogens (tertiary/aromatic N) is 1. The first kappa shape index (κ1) is 21.0. The number of aryl methyl sites for hydroxylation is 1. The molecule has 0 spiro atoms. The maximum absolute atomic E-state index is 12.7. The van der Waals surface area contributed by atoms with Crippen molar-refractivity contribution in [3.05, 3.63) is 58.6 Å². The van der Waals surface area contributed by atoms with Crippen LogP contribution in [-0.4, -0.2) is 19.6 Å². The first-order valence-corrected chi connectivity index (χ1v) is 9.59. The first-order valence-electron chi connectivity index (χ1n) is 7.73. The Labute approximate surface area is 159 Å². The third-order valence-electron chi connectivity index (χ3n) is 3.46. The van der Waals surface area contributed by atoms with Crippen molar-refractivity contribution in [3.8, 4) is 5.75 Å². The summed E-state index contributed by atoms with van der Waals surface area (Å²) in [7, 11) is -5.59. The van der Waals surface area contributed by atoms with Gasteiger partial charge in [0.2, 0.25) is 0 Å². The molecule has 0 aromatic heterocycles. The highest BCUT2D eigenvalue weighted by Gasteiger charge is 2.46. The Morgan fingerprint density at radius 1 is 1.19 bits per heavy atom. The van der Waals surface area contributed by atoms with E-state index in [0.29, 0.717) is 5.75 Å². The standard InChI is InChI=1S/C17H16ClF3N2O3S/c1-3-15(22-26-13-7-4-11(2)5-8-13)14-10-12(18)6-9-16(14)23-27(24,25)17(19,20)21/h4-10,23H,3H2,1-2H3/b22-15+. The van der Waals surface area contributed by atoms with Crippen molar-refractivity contribution in [2.45, 2.75) is 25.8 Å². The molecule has 0 bridgehead atoms. The van der Waals surface area contributed by atoms with Crippen LogP contribution >= 0.6 is 11.6 Å². The molecule has 0 amide bonds. The molecule has 2 rings (SSSR count). The van der Waals surface area contributed by atoms with Gasteiger partial charge in [0.15, 0.2) is 5.75 Å². The lowest BCUT2D eigenvalue weighted by Gasteiger charge is -2.15. The topological polar surface area (TPSA) is 67.8 Å². The fourth-order valence-electron chi connectivity index (χ4n) is 2.06. The molecule has 0 fully saturated rings. The van der Waals surface area contributed by atoms with E-state index in [4.69, 9.17) is 16.4 Å². The van der Waals surface area contributed by atoms with Crippen molar-refractivity contribution in [2.75, 3.05) is 4.72 Å². The molecule has 0 heterocycles. The van der Waals surface area contributed by atoms with Gasteiger partial charge in [0, 0.05) is 10.6 Å². The van der Waals surface area contributed by atoms with Gasteiger partial charge >= 0.3 is 15.5 Å². The maximum atomic E-state index is 12.7. The lowest BCUT2D eigenvalue weighted by molar-refractivity contribution is -0.0429. The van der Waals surface area contributed by atoms with E-state index >= 15 is 0 Å². The summed E-state index contributed by atoms with van der Waals surface area (Å²) in [5.41, 5.74) is -4.43. The largest absolute Gasteiger partial charge is 0.516 e. The van der Waals surface area contributed by atoms with Crippen molar-refractivity contribution in [1.82, 2.24) is 0 Å². The fourth-order valence-corrected chi connectivity index (χ4v) is 2.81. The van der Waals surface area contributed by atoms with Crippen molar-refractivity contribution < 1.29 is 26.4 Å². The van der Waals surface area contributed by atoms with E-state index in [2.05, 4.69) is 5.16 Å². The first-order chi connectivity index (χ1) is 12.5. The monoisotopic (exact) mass is 420 g/mol. The summed E-state index contributed by atoms with van der Waals surface area (Å²) in [6, 6.07) is 10.7. The zero-order chi connectivity index (χ0) is 20.2. The van der Waals surface area contributed by atoms with E-state index < -0.39 is 15.5 Å². The maximum Gasteiger partial charge on any atom is 0.516 e. The molecule has 0 aliphatic heterocycles. The summed E-state index contributed by atoms with van der Waals surface area (Å²) in [4.78, 5) is 5.31. The Balaban J connectivity index is 2.40. The molecule has 27 heavy (non-hydrogen) atoms. The van der Waals surface area contributed by atoms with Gasteiger partial charge in [-0.15, -0.1) is 0 Å².